The Balaban J connectivity index is 1.43. The van der Waals surface area contributed by atoms with Gasteiger partial charge >= 0.3 is 6.03 Å². The van der Waals surface area contributed by atoms with Crippen molar-refractivity contribution in [1.29, 1.82) is 0 Å². The van der Waals surface area contributed by atoms with E-state index in [2.05, 4.69) is 42.5 Å². The van der Waals surface area contributed by atoms with Crippen molar-refractivity contribution in [2.45, 2.75) is 52.0 Å². The number of hydrogen-bond donors (Lipinski definition) is 1. The van der Waals surface area contributed by atoms with Crippen molar-refractivity contribution < 1.29 is 9.63 Å². The van der Waals surface area contributed by atoms with Crippen LogP contribution in [-0.2, 0) is 0 Å². The van der Waals surface area contributed by atoms with Crippen LogP contribution < -0.4 is 10.3 Å². The fraction of sp³-hybridized carbons (Fsp3) is 0.360. The Hall–Kier alpha value is -3.08. The van der Waals surface area contributed by atoms with E-state index in [9.17, 15) is 4.79 Å². The number of amides is 2. The Morgan fingerprint density at radius 2 is 2.00 bits per heavy atom. The van der Waals surface area contributed by atoms with E-state index in [4.69, 9.17) is 4.84 Å². The minimum Gasteiger partial charge on any atom is -0.378 e. The average Bonchev–Trinajstić information content (AvgIpc) is 2.79. The van der Waals surface area contributed by atoms with Gasteiger partial charge in [0.1, 0.15) is 0 Å². The van der Waals surface area contributed by atoms with Crippen molar-refractivity contribution in [3.8, 4) is 16.9 Å². The van der Waals surface area contributed by atoms with Crippen LogP contribution in [0.1, 0.15) is 44.6 Å². The standard InChI is InChI=1S/C25H29N3O2/c1-3-7-21-9-4-5-17-28(21)25(29)27-30-22-13-10-19(11-14-22)23-15-12-20-8-6-16-26-24(20)18(23)2/h6,8,10-16,21H,3-5,7,9,17H2,1-2H3,(H,27,29). The Labute approximate surface area is 178 Å². The van der Waals surface area contributed by atoms with Gasteiger partial charge < -0.3 is 9.74 Å². The molecule has 1 unspecified atom stereocenters. The molecule has 1 saturated heterocycles. The number of hydrogen-bond acceptors (Lipinski definition) is 3. The van der Waals surface area contributed by atoms with Gasteiger partial charge in [0, 0.05) is 24.2 Å². The highest BCUT2D eigenvalue weighted by atomic mass is 16.7. The predicted molar refractivity (Wildman–Crippen MR) is 120 cm³/mol. The van der Waals surface area contributed by atoms with Gasteiger partial charge in [-0.15, -0.1) is 0 Å². The Bertz CT molecular complexity index is 1010. The number of urea groups is 1. The number of piperidine rings is 1. The molecule has 4 rings (SSSR count). The highest BCUT2D eigenvalue weighted by molar-refractivity contribution is 5.88. The fourth-order valence-corrected chi connectivity index (χ4v) is 4.37. The van der Waals surface area contributed by atoms with Gasteiger partial charge in [0.25, 0.3) is 0 Å². The predicted octanol–water partition coefficient (Wildman–Crippen LogP) is 5.87. The van der Waals surface area contributed by atoms with Gasteiger partial charge in [-0.2, -0.15) is 5.48 Å². The summed E-state index contributed by atoms with van der Waals surface area (Å²) >= 11 is 0. The lowest BCUT2D eigenvalue weighted by Gasteiger charge is -2.35. The first-order valence-corrected chi connectivity index (χ1v) is 10.9. The molecular weight excluding hydrogens is 374 g/mol. The zero-order valence-electron chi connectivity index (χ0n) is 17.7. The lowest BCUT2D eigenvalue weighted by molar-refractivity contribution is 0.108. The maximum atomic E-state index is 12.6. The van der Waals surface area contributed by atoms with Crippen molar-refractivity contribution in [2.24, 2.45) is 0 Å². The van der Waals surface area contributed by atoms with E-state index >= 15 is 0 Å². The molecule has 2 heterocycles. The molecule has 0 bridgehead atoms. The van der Waals surface area contributed by atoms with Crippen molar-refractivity contribution in [3.63, 3.8) is 0 Å². The van der Waals surface area contributed by atoms with Crippen LogP contribution in [-0.4, -0.2) is 28.5 Å². The monoisotopic (exact) mass is 403 g/mol. The third-order valence-electron chi connectivity index (χ3n) is 5.96. The number of benzene rings is 2. The van der Waals surface area contributed by atoms with Crippen molar-refractivity contribution >= 4 is 16.9 Å². The lowest BCUT2D eigenvalue weighted by Crippen LogP contribution is -2.49. The number of carbonyl (C=O) groups excluding carboxylic acids is 1. The number of pyridine rings is 1. The van der Waals surface area contributed by atoms with Crippen LogP contribution in [0.25, 0.3) is 22.0 Å². The SMILES string of the molecule is CCCC1CCCCN1C(=O)NOc1ccc(-c2ccc3cccnc3c2C)cc1. The topological polar surface area (TPSA) is 54.5 Å². The van der Waals surface area contributed by atoms with Gasteiger partial charge in [-0.25, -0.2) is 4.79 Å². The molecule has 5 nitrogen and oxygen atoms in total. The van der Waals surface area contributed by atoms with Crippen LogP contribution in [0.2, 0.25) is 0 Å². The third kappa shape index (κ3) is 4.25. The molecule has 30 heavy (non-hydrogen) atoms. The maximum absolute atomic E-state index is 12.6. The number of fused-ring (bicyclic) bond motifs is 1. The zero-order valence-corrected chi connectivity index (χ0v) is 17.7. The second-order valence-electron chi connectivity index (χ2n) is 7.98. The summed E-state index contributed by atoms with van der Waals surface area (Å²) in [7, 11) is 0. The summed E-state index contributed by atoms with van der Waals surface area (Å²) in [5, 5.41) is 1.14. The maximum Gasteiger partial charge on any atom is 0.350 e. The second-order valence-corrected chi connectivity index (χ2v) is 7.98. The fourth-order valence-electron chi connectivity index (χ4n) is 4.37. The van der Waals surface area contributed by atoms with E-state index in [1.165, 1.54) is 6.42 Å². The lowest BCUT2D eigenvalue weighted by atomic mass is 9.98. The van der Waals surface area contributed by atoms with Crippen LogP contribution in [0.3, 0.4) is 0 Å². The Morgan fingerprint density at radius 3 is 2.80 bits per heavy atom. The normalized spacial score (nSPS) is 16.5. The van der Waals surface area contributed by atoms with E-state index in [-0.39, 0.29) is 6.03 Å². The third-order valence-corrected chi connectivity index (χ3v) is 5.96. The summed E-state index contributed by atoms with van der Waals surface area (Å²) in [5.41, 5.74) is 7.04. The zero-order chi connectivity index (χ0) is 20.9. The van der Waals surface area contributed by atoms with Crippen LogP contribution in [0.5, 0.6) is 5.75 Å². The van der Waals surface area contributed by atoms with E-state index in [0.29, 0.717) is 11.8 Å². The van der Waals surface area contributed by atoms with Crippen LogP contribution in [0.4, 0.5) is 4.79 Å². The molecule has 1 fully saturated rings. The minimum atomic E-state index is -0.145. The van der Waals surface area contributed by atoms with Gasteiger partial charge in [-0.1, -0.05) is 43.7 Å². The molecule has 1 aliphatic rings. The molecule has 1 atom stereocenters. The quantitative estimate of drug-likeness (QED) is 0.542. The van der Waals surface area contributed by atoms with Crippen molar-refractivity contribution in [1.82, 2.24) is 15.4 Å². The molecule has 1 aliphatic heterocycles. The first kappa shape index (κ1) is 20.2. The second kappa shape index (κ2) is 9.16. The molecule has 1 aromatic heterocycles. The molecular formula is C25H29N3O2. The van der Waals surface area contributed by atoms with Gasteiger partial charge in [0.2, 0.25) is 0 Å². The van der Waals surface area contributed by atoms with Gasteiger partial charge in [-0.3, -0.25) is 4.98 Å². The minimum absolute atomic E-state index is 0.145. The number of aryl methyl sites for hydroxylation is 1. The van der Waals surface area contributed by atoms with Gasteiger partial charge in [0.05, 0.1) is 5.52 Å². The molecule has 0 spiro atoms. The van der Waals surface area contributed by atoms with Gasteiger partial charge in [0.15, 0.2) is 5.75 Å². The molecule has 0 aliphatic carbocycles. The number of carbonyl (C=O) groups is 1. The van der Waals surface area contributed by atoms with Gasteiger partial charge in [-0.05, 0) is 67.5 Å². The number of aromatic nitrogens is 1. The van der Waals surface area contributed by atoms with Crippen LogP contribution in [0, 0.1) is 6.92 Å². The summed E-state index contributed by atoms with van der Waals surface area (Å²) < 4.78 is 0. The molecule has 2 aromatic carbocycles. The first-order valence-electron chi connectivity index (χ1n) is 10.9. The van der Waals surface area contributed by atoms with Crippen LogP contribution >= 0.6 is 0 Å². The molecule has 0 radical (unpaired) electrons. The van der Waals surface area contributed by atoms with Crippen molar-refractivity contribution in [3.05, 3.63) is 60.3 Å². The largest absolute Gasteiger partial charge is 0.378 e. The summed E-state index contributed by atoms with van der Waals surface area (Å²) in [6, 6.07) is 16.2. The number of nitrogens with zero attached hydrogens (tertiary/aromatic N) is 2. The summed E-state index contributed by atoms with van der Waals surface area (Å²) in [6.07, 6.45) is 7.29. The van der Waals surface area contributed by atoms with E-state index in [1.54, 1.807) is 0 Å². The highest BCUT2D eigenvalue weighted by Crippen LogP contribution is 2.29. The van der Waals surface area contributed by atoms with Crippen molar-refractivity contribution in [2.75, 3.05) is 6.54 Å². The molecule has 2 amide bonds. The molecule has 3 aromatic rings. The van der Waals surface area contributed by atoms with E-state index in [0.717, 1.165) is 59.8 Å². The number of likely N-dealkylation sites (tertiary alicyclic amines) is 1. The van der Waals surface area contributed by atoms with Crippen LogP contribution in [0.15, 0.2) is 54.7 Å². The number of nitrogens with one attached hydrogen (secondary N) is 1. The molecule has 156 valence electrons. The Morgan fingerprint density at radius 1 is 1.17 bits per heavy atom. The average molecular weight is 404 g/mol. The molecule has 0 saturated carbocycles. The summed E-state index contributed by atoms with van der Waals surface area (Å²) in [6.45, 7) is 5.06. The number of hydroxylamine groups is 1. The summed E-state index contributed by atoms with van der Waals surface area (Å²) in [4.78, 5) is 24.6. The Kier molecular flexibility index (Phi) is 6.17. The first-order chi connectivity index (χ1) is 14.7. The smallest absolute Gasteiger partial charge is 0.350 e. The molecule has 5 heteroatoms. The molecule has 1 N–H and O–H groups in total. The van der Waals surface area contributed by atoms with E-state index in [1.807, 2.05) is 41.4 Å². The highest BCUT2D eigenvalue weighted by Gasteiger charge is 2.26. The van der Waals surface area contributed by atoms with E-state index < -0.39 is 0 Å². The number of rotatable bonds is 5. The summed E-state index contributed by atoms with van der Waals surface area (Å²) in [5.74, 6) is 0.618.